The summed E-state index contributed by atoms with van der Waals surface area (Å²) in [5.74, 6) is 0. The third-order valence-corrected chi connectivity index (χ3v) is 3.60. The molecule has 2 aromatic rings. The van der Waals surface area contributed by atoms with Gasteiger partial charge in [-0.25, -0.2) is 0 Å². The maximum absolute atomic E-state index is 6.16. The largest absolute Gasteiger partial charge is 0.253 e. The zero-order valence-corrected chi connectivity index (χ0v) is 10.4. The lowest BCUT2D eigenvalue weighted by molar-refractivity contribution is 1.37. The minimum atomic E-state index is 0.625. The summed E-state index contributed by atoms with van der Waals surface area (Å²) in [7, 11) is 0. The van der Waals surface area contributed by atoms with Gasteiger partial charge in [0.2, 0.25) is 0 Å². The first-order valence-corrected chi connectivity index (χ1v) is 5.55. The Hall–Kier alpha value is -0.310. The van der Waals surface area contributed by atoms with E-state index >= 15 is 0 Å². The molecule has 0 N–H and O–H groups in total. The van der Waals surface area contributed by atoms with E-state index in [0.29, 0.717) is 10.0 Å². The van der Waals surface area contributed by atoms with Gasteiger partial charge >= 0.3 is 0 Å². The van der Waals surface area contributed by atoms with Crippen molar-refractivity contribution in [1.29, 1.82) is 0 Å². The Kier molecular flexibility index (Phi) is 2.69. The number of pyridine rings is 1. The molecule has 1 aromatic heterocycles. The first-order valence-electron chi connectivity index (χ1n) is 4.00. The average Bonchev–Trinajstić information content (AvgIpc) is 2.16. The van der Waals surface area contributed by atoms with Gasteiger partial charge in [-0.05, 0) is 34.5 Å². The van der Waals surface area contributed by atoms with Crippen LogP contribution in [0.2, 0.25) is 10.0 Å². The Labute approximate surface area is 100 Å². The lowest BCUT2D eigenvalue weighted by Crippen LogP contribution is -1.86. The molecule has 0 aliphatic carbocycles. The molecule has 0 bridgehead atoms. The number of nitrogens with zero attached hydrogens (tertiary/aromatic N) is 1. The van der Waals surface area contributed by atoms with Crippen LogP contribution in [0.3, 0.4) is 0 Å². The van der Waals surface area contributed by atoms with Crippen LogP contribution in [0.25, 0.3) is 10.9 Å². The van der Waals surface area contributed by atoms with E-state index in [0.717, 1.165) is 20.9 Å². The van der Waals surface area contributed by atoms with Gasteiger partial charge in [-0.15, -0.1) is 0 Å². The zero-order chi connectivity index (χ0) is 10.3. The van der Waals surface area contributed by atoms with Gasteiger partial charge in [0.1, 0.15) is 0 Å². The van der Waals surface area contributed by atoms with Crippen LogP contribution in [0.15, 0.2) is 22.8 Å². The normalized spacial score (nSPS) is 10.9. The molecule has 0 radical (unpaired) electrons. The van der Waals surface area contributed by atoms with E-state index in [4.69, 9.17) is 23.2 Å². The predicted molar refractivity (Wildman–Crippen MR) is 64.2 cm³/mol. The van der Waals surface area contributed by atoms with Crippen LogP contribution in [0.5, 0.6) is 0 Å². The summed E-state index contributed by atoms with van der Waals surface area (Å²) in [5.41, 5.74) is 1.82. The van der Waals surface area contributed by atoms with Crippen LogP contribution < -0.4 is 0 Å². The van der Waals surface area contributed by atoms with Gasteiger partial charge in [-0.2, -0.15) is 0 Å². The van der Waals surface area contributed by atoms with Crippen LogP contribution in [-0.4, -0.2) is 4.98 Å². The minimum absolute atomic E-state index is 0.625. The van der Waals surface area contributed by atoms with Crippen molar-refractivity contribution in [3.05, 3.63) is 38.4 Å². The Morgan fingerprint density at radius 3 is 2.71 bits per heavy atom. The highest BCUT2D eigenvalue weighted by Gasteiger charge is 2.09. The number of fused-ring (bicyclic) bond motifs is 1. The fraction of sp³-hybridized carbons (Fsp3) is 0.100. The third-order valence-electron chi connectivity index (χ3n) is 2.07. The first kappa shape index (κ1) is 10.2. The molecule has 1 aromatic carbocycles. The minimum Gasteiger partial charge on any atom is -0.253 e. The molecule has 0 saturated carbocycles. The van der Waals surface area contributed by atoms with Gasteiger partial charge in [0.15, 0.2) is 0 Å². The van der Waals surface area contributed by atoms with Gasteiger partial charge in [-0.1, -0.05) is 29.3 Å². The van der Waals surface area contributed by atoms with Crippen LogP contribution in [0.1, 0.15) is 5.56 Å². The van der Waals surface area contributed by atoms with Crippen molar-refractivity contribution in [2.24, 2.45) is 0 Å². The molecular weight excluding hydrogens is 285 g/mol. The molecule has 1 heterocycles. The van der Waals surface area contributed by atoms with Crippen molar-refractivity contribution in [2.45, 2.75) is 6.92 Å². The predicted octanol–water partition coefficient (Wildman–Crippen LogP) is 4.61. The molecule has 0 aliphatic heterocycles. The molecule has 72 valence electrons. The van der Waals surface area contributed by atoms with Crippen LogP contribution >= 0.6 is 39.1 Å². The van der Waals surface area contributed by atoms with E-state index in [1.54, 1.807) is 6.20 Å². The Morgan fingerprint density at radius 2 is 2.00 bits per heavy atom. The average molecular weight is 291 g/mol. The fourth-order valence-electron chi connectivity index (χ4n) is 1.37. The molecule has 1 nitrogen and oxygen atoms in total. The van der Waals surface area contributed by atoms with E-state index < -0.39 is 0 Å². The molecule has 0 spiro atoms. The number of aromatic nitrogens is 1. The second-order valence-electron chi connectivity index (χ2n) is 3.01. The number of aryl methyl sites for hydroxylation is 1. The number of benzene rings is 1. The molecule has 14 heavy (non-hydrogen) atoms. The lowest BCUT2D eigenvalue weighted by Gasteiger charge is -2.06. The summed E-state index contributed by atoms with van der Waals surface area (Å²) < 4.78 is 0.789. The van der Waals surface area contributed by atoms with Gasteiger partial charge in [0, 0.05) is 11.6 Å². The molecule has 2 rings (SSSR count). The van der Waals surface area contributed by atoms with Crippen molar-refractivity contribution in [2.75, 3.05) is 0 Å². The van der Waals surface area contributed by atoms with Gasteiger partial charge in [-0.3, -0.25) is 4.98 Å². The number of hydrogen-bond acceptors (Lipinski definition) is 1. The number of rotatable bonds is 0. The molecule has 0 saturated heterocycles. The van der Waals surface area contributed by atoms with Crippen molar-refractivity contribution in [3.63, 3.8) is 0 Å². The summed E-state index contributed by atoms with van der Waals surface area (Å²) in [6, 6.07) is 3.77. The molecule has 0 aliphatic rings. The highest BCUT2D eigenvalue weighted by molar-refractivity contribution is 9.10. The third kappa shape index (κ3) is 1.52. The van der Waals surface area contributed by atoms with E-state index in [2.05, 4.69) is 20.9 Å². The van der Waals surface area contributed by atoms with E-state index in [1.165, 1.54) is 0 Å². The molecular formula is C10H6BrCl2N. The zero-order valence-electron chi connectivity index (χ0n) is 7.31. The van der Waals surface area contributed by atoms with Crippen LogP contribution in [0.4, 0.5) is 0 Å². The molecule has 0 atom stereocenters. The summed E-state index contributed by atoms with van der Waals surface area (Å²) in [4.78, 5) is 4.24. The monoisotopic (exact) mass is 289 g/mol. The quantitative estimate of drug-likeness (QED) is 0.690. The summed E-state index contributed by atoms with van der Waals surface area (Å²) in [6.07, 6.45) is 1.66. The number of halogens is 3. The maximum Gasteiger partial charge on any atom is 0.0906 e. The topological polar surface area (TPSA) is 12.9 Å². The second kappa shape index (κ2) is 3.69. The smallest absolute Gasteiger partial charge is 0.0906 e. The lowest BCUT2D eigenvalue weighted by atomic mass is 10.1. The fourth-order valence-corrected chi connectivity index (χ4v) is 2.16. The van der Waals surface area contributed by atoms with Crippen molar-refractivity contribution in [3.8, 4) is 0 Å². The molecule has 0 amide bonds. The van der Waals surface area contributed by atoms with Gasteiger partial charge < -0.3 is 0 Å². The van der Waals surface area contributed by atoms with Gasteiger partial charge in [0.25, 0.3) is 0 Å². The van der Waals surface area contributed by atoms with Gasteiger partial charge in [0.05, 0.1) is 20.0 Å². The summed E-state index contributed by atoms with van der Waals surface area (Å²) >= 11 is 15.5. The maximum atomic E-state index is 6.16. The molecule has 0 unspecified atom stereocenters. The van der Waals surface area contributed by atoms with Crippen molar-refractivity contribution < 1.29 is 0 Å². The standard InChI is InChI=1S/C10H6BrCl2N/c1-5-2-3-7(12)10-8(5)9(13)6(11)4-14-10/h2-4H,1H3. The Morgan fingerprint density at radius 1 is 1.29 bits per heavy atom. The summed E-state index contributed by atoms with van der Waals surface area (Å²) in [5, 5.41) is 2.20. The Balaban J connectivity index is 3.01. The SMILES string of the molecule is Cc1ccc(Cl)c2ncc(Br)c(Cl)c12. The number of hydrogen-bond donors (Lipinski definition) is 0. The second-order valence-corrected chi connectivity index (χ2v) is 4.65. The summed E-state index contributed by atoms with van der Waals surface area (Å²) in [6.45, 7) is 1.98. The highest BCUT2D eigenvalue weighted by Crippen LogP contribution is 2.34. The van der Waals surface area contributed by atoms with E-state index in [1.807, 2.05) is 19.1 Å². The first-order chi connectivity index (χ1) is 6.61. The van der Waals surface area contributed by atoms with Crippen LogP contribution in [-0.2, 0) is 0 Å². The van der Waals surface area contributed by atoms with Crippen molar-refractivity contribution >= 4 is 50.0 Å². The molecule has 0 fully saturated rings. The van der Waals surface area contributed by atoms with Crippen molar-refractivity contribution in [1.82, 2.24) is 4.98 Å². The highest BCUT2D eigenvalue weighted by atomic mass is 79.9. The molecule has 4 heteroatoms. The Bertz CT molecular complexity index is 511. The van der Waals surface area contributed by atoms with E-state index in [9.17, 15) is 0 Å². The van der Waals surface area contributed by atoms with E-state index in [-0.39, 0.29) is 0 Å². The van der Waals surface area contributed by atoms with Crippen LogP contribution in [0, 0.1) is 6.92 Å².